The molecule has 0 spiro atoms. The molecule has 23 heavy (non-hydrogen) atoms. The Kier molecular flexibility index (Phi) is 5.54. The lowest BCUT2D eigenvalue weighted by atomic mass is 10.1. The van der Waals surface area contributed by atoms with E-state index < -0.39 is 0 Å². The number of anilines is 1. The molecule has 1 aromatic rings. The van der Waals surface area contributed by atoms with Crippen LogP contribution >= 0.6 is 11.6 Å². The lowest BCUT2D eigenvalue weighted by Crippen LogP contribution is -2.35. The van der Waals surface area contributed by atoms with Crippen molar-refractivity contribution in [2.24, 2.45) is 0 Å². The second kappa shape index (κ2) is 7.62. The number of ether oxygens (including phenoxy) is 2. The lowest BCUT2D eigenvalue weighted by Gasteiger charge is -2.27. The molecule has 1 amide bonds. The Morgan fingerprint density at radius 3 is 2.78 bits per heavy atom. The molecule has 1 N–H and O–H groups in total. The molecule has 2 saturated heterocycles. The van der Waals surface area contributed by atoms with E-state index in [-0.39, 0.29) is 18.1 Å². The van der Waals surface area contributed by atoms with E-state index >= 15 is 0 Å². The van der Waals surface area contributed by atoms with Crippen LogP contribution in [0.5, 0.6) is 0 Å². The van der Waals surface area contributed by atoms with Crippen LogP contribution in [0.2, 0.25) is 5.02 Å². The van der Waals surface area contributed by atoms with Crippen LogP contribution in [0.25, 0.3) is 0 Å². The predicted octanol–water partition coefficient (Wildman–Crippen LogP) is 2.68. The molecule has 2 heterocycles. The Balaban J connectivity index is 1.58. The first-order valence-corrected chi connectivity index (χ1v) is 8.54. The maximum Gasteiger partial charge on any atom is 0.253 e. The predicted molar refractivity (Wildman–Crippen MR) is 89.7 cm³/mol. The molecular formula is C17H23ClN2O3. The first kappa shape index (κ1) is 16.7. The van der Waals surface area contributed by atoms with Crippen LogP contribution in [0.1, 0.15) is 25.3 Å². The number of nitrogens with one attached hydrogen (secondary N) is 1. The fraction of sp³-hybridized carbons (Fsp3) is 0.588. The first-order valence-electron chi connectivity index (χ1n) is 8.16. The molecule has 2 aliphatic heterocycles. The number of morpholine rings is 1. The van der Waals surface area contributed by atoms with E-state index in [2.05, 4.69) is 10.2 Å². The van der Waals surface area contributed by atoms with Crippen molar-refractivity contribution >= 4 is 23.2 Å². The van der Waals surface area contributed by atoms with Gasteiger partial charge >= 0.3 is 0 Å². The van der Waals surface area contributed by atoms with Crippen molar-refractivity contribution in [3.8, 4) is 0 Å². The molecule has 2 fully saturated rings. The molecule has 1 aromatic carbocycles. The van der Waals surface area contributed by atoms with Gasteiger partial charge in [-0.2, -0.15) is 0 Å². The summed E-state index contributed by atoms with van der Waals surface area (Å²) in [7, 11) is 0. The summed E-state index contributed by atoms with van der Waals surface area (Å²) >= 11 is 6.37. The van der Waals surface area contributed by atoms with Crippen molar-refractivity contribution in [3.05, 3.63) is 28.8 Å². The van der Waals surface area contributed by atoms with Gasteiger partial charge in [-0.05, 0) is 37.5 Å². The largest absolute Gasteiger partial charge is 0.379 e. The van der Waals surface area contributed by atoms with Gasteiger partial charge in [-0.3, -0.25) is 9.69 Å². The highest BCUT2D eigenvalue weighted by Crippen LogP contribution is 2.24. The zero-order chi connectivity index (χ0) is 16.2. The summed E-state index contributed by atoms with van der Waals surface area (Å²) in [5.41, 5.74) is 1.78. The fourth-order valence-corrected chi connectivity index (χ4v) is 3.21. The minimum Gasteiger partial charge on any atom is -0.379 e. The van der Waals surface area contributed by atoms with Gasteiger partial charge in [0, 0.05) is 30.3 Å². The Morgan fingerprint density at radius 2 is 2.13 bits per heavy atom. The van der Waals surface area contributed by atoms with E-state index in [1.165, 1.54) is 0 Å². The summed E-state index contributed by atoms with van der Waals surface area (Å²) in [5.74, 6) is -0.0913. The van der Waals surface area contributed by atoms with Crippen LogP contribution in [0.15, 0.2) is 18.2 Å². The number of carbonyl (C=O) groups is 1. The molecule has 2 aliphatic rings. The van der Waals surface area contributed by atoms with Crippen molar-refractivity contribution in [3.63, 3.8) is 0 Å². The Labute approximate surface area is 141 Å². The molecule has 0 aromatic heterocycles. The zero-order valence-electron chi connectivity index (χ0n) is 13.4. The first-order chi connectivity index (χ1) is 11.1. The normalized spacial score (nSPS) is 25.5. The monoisotopic (exact) mass is 338 g/mol. The SMILES string of the molecule is C[C@@H]1CC[C@@H](C(=O)Nc2ccc(CN3CCOCC3)c(Cl)c2)O1. The minimum atomic E-state index is -0.350. The summed E-state index contributed by atoms with van der Waals surface area (Å²) in [5, 5.41) is 3.57. The van der Waals surface area contributed by atoms with Crippen LogP contribution in [0.4, 0.5) is 5.69 Å². The van der Waals surface area contributed by atoms with Gasteiger partial charge < -0.3 is 14.8 Å². The van der Waals surface area contributed by atoms with Crippen LogP contribution in [-0.2, 0) is 20.8 Å². The number of halogens is 1. The third kappa shape index (κ3) is 4.44. The average Bonchev–Trinajstić information content (AvgIpc) is 2.98. The fourth-order valence-electron chi connectivity index (χ4n) is 2.97. The Morgan fingerprint density at radius 1 is 1.35 bits per heavy atom. The second-order valence-electron chi connectivity index (χ2n) is 6.20. The van der Waals surface area contributed by atoms with E-state index in [9.17, 15) is 4.79 Å². The second-order valence-corrected chi connectivity index (χ2v) is 6.60. The minimum absolute atomic E-state index is 0.0913. The molecule has 3 rings (SSSR count). The van der Waals surface area contributed by atoms with E-state index in [1.54, 1.807) is 0 Å². The summed E-state index contributed by atoms with van der Waals surface area (Å²) < 4.78 is 10.9. The smallest absolute Gasteiger partial charge is 0.253 e. The number of carbonyl (C=O) groups excluding carboxylic acids is 1. The molecule has 2 atom stereocenters. The molecule has 126 valence electrons. The van der Waals surface area contributed by atoms with Crippen LogP contribution in [-0.4, -0.2) is 49.3 Å². The van der Waals surface area contributed by atoms with Crippen molar-refractivity contribution in [1.29, 1.82) is 0 Å². The third-order valence-corrected chi connectivity index (χ3v) is 4.69. The van der Waals surface area contributed by atoms with Gasteiger partial charge in [0.15, 0.2) is 0 Å². The molecule has 5 nitrogen and oxygen atoms in total. The molecular weight excluding hydrogens is 316 g/mol. The molecule has 0 saturated carbocycles. The summed E-state index contributed by atoms with van der Waals surface area (Å²) in [4.78, 5) is 14.5. The number of hydrogen-bond donors (Lipinski definition) is 1. The van der Waals surface area contributed by atoms with Gasteiger partial charge in [0.25, 0.3) is 5.91 Å². The highest BCUT2D eigenvalue weighted by Gasteiger charge is 2.28. The summed E-state index contributed by atoms with van der Waals surface area (Å²) in [6.45, 7) is 6.18. The van der Waals surface area contributed by atoms with E-state index in [0.29, 0.717) is 10.7 Å². The lowest BCUT2D eigenvalue weighted by molar-refractivity contribution is -0.126. The Hall–Kier alpha value is -1.14. The number of hydrogen-bond acceptors (Lipinski definition) is 4. The standard InChI is InChI=1S/C17H23ClN2O3/c1-12-2-5-16(23-12)17(21)19-14-4-3-13(15(18)10-14)11-20-6-8-22-9-7-20/h3-4,10,12,16H,2,5-9,11H2,1H3,(H,19,21)/t12-,16+/m1/s1. The highest BCUT2D eigenvalue weighted by atomic mass is 35.5. The molecule has 0 aliphatic carbocycles. The van der Waals surface area contributed by atoms with Crippen molar-refractivity contribution in [2.45, 2.75) is 38.5 Å². The van der Waals surface area contributed by atoms with Gasteiger partial charge in [-0.1, -0.05) is 17.7 Å². The van der Waals surface area contributed by atoms with Crippen molar-refractivity contribution in [2.75, 3.05) is 31.6 Å². The van der Waals surface area contributed by atoms with Crippen LogP contribution in [0.3, 0.4) is 0 Å². The van der Waals surface area contributed by atoms with Gasteiger partial charge in [-0.25, -0.2) is 0 Å². The average molecular weight is 339 g/mol. The van der Waals surface area contributed by atoms with Gasteiger partial charge in [0.2, 0.25) is 0 Å². The maximum atomic E-state index is 12.2. The number of amides is 1. The van der Waals surface area contributed by atoms with E-state index in [4.69, 9.17) is 21.1 Å². The molecule has 6 heteroatoms. The number of nitrogens with zero attached hydrogens (tertiary/aromatic N) is 1. The van der Waals surface area contributed by atoms with Gasteiger partial charge in [-0.15, -0.1) is 0 Å². The summed E-state index contributed by atoms with van der Waals surface area (Å²) in [6, 6.07) is 5.69. The van der Waals surface area contributed by atoms with Crippen LogP contribution < -0.4 is 5.32 Å². The van der Waals surface area contributed by atoms with Gasteiger partial charge in [0.05, 0.1) is 19.3 Å². The number of rotatable bonds is 4. The van der Waals surface area contributed by atoms with Crippen molar-refractivity contribution < 1.29 is 14.3 Å². The Bertz CT molecular complexity index is 561. The highest BCUT2D eigenvalue weighted by molar-refractivity contribution is 6.31. The maximum absolute atomic E-state index is 12.2. The van der Waals surface area contributed by atoms with E-state index in [0.717, 1.165) is 51.3 Å². The summed E-state index contributed by atoms with van der Waals surface area (Å²) in [6.07, 6.45) is 1.51. The molecule has 0 unspecified atom stereocenters. The molecule has 0 radical (unpaired) electrons. The third-order valence-electron chi connectivity index (χ3n) is 4.34. The van der Waals surface area contributed by atoms with Gasteiger partial charge in [0.1, 0.15) is 6.10 Å². The topological polar surface area (TPSA) is 50.8 Å². The quantitative estimate of drug-likeness (QED) is 0.917. The van der Waals surface area contributed by atoms with E-state index in [1.807, 2.05) is 25.1 Å². The van der Waals surface area contributed by atoms with Crippen LogP contribution in [0, 0.1) is 0 Å². The number of benzene rings is 1. The van der Waals surface area contributed by atoms with Crippen molar-refractivity contribution in [1.82, 2.24) is 4.90 Å². The molecule has 0 bridgehead atoms. The zero-order valence-corrected chi connectivity index (χ0v) is 14.1.